The molecule has 1 aliphatic heterocycles. The van der Waals surface area contributed by atoms with E-state index in [1.54, 1.807) is 30.5 Å². The number of benzene rings is 2. The summed E-state index contributed by atoms with van der Waals surface area (Å²) in [6.45, 7) is 3.50. The number of hydrogen-bond acceptors (Lipinski definition) is 4. The second kappa shape index (κ2) is 6.35. The quantitative estimate of drug-likeness (QED) is 0.619. The van der Waals surface area contributed by atoms with Crippen molar-refractivity contribution in [2.45, 2.75) is 19.9 Å². The predicted molar refractivity (Wildman–Crippen MR) is 96.9 cm³/mol. The summed E-state index contributed by atoms with van der Waals surface area (Å²) in [5, 5.41) is 8.29. The number of fused-ring (bicyclic) bond motifs is 3. The Bertz CT molecular complexity index is 1100. The number of carbonyl (C=O) groups is 1. The van der Waals surface area contributed by atoms with Crippen molar-refractivity contribution in [1.82, 2.24) is 14.8 Å². The van der Waals surface area contributed by atoms with E-state index in [1.807, 2.05) is 0 Å². The molecule has 5 nitrogen and oxygen atoms in total. The molecule has 0 spiro atoms. The van der Waals surface area contributed by atoms with Crippen LogP contribution in [-0.4, -0.2) is 26.8 Å². The second-order valence-corrected chi connectivity index (χ2v) is 6.55. The highest BCUT2D eigenvalue weighted by Gasteiger charge is 2.30. The molecule has 2 heterocycles. The van der Waals surface area contributed by atoms with Crippen LogP contribution in [-0.2, 0) is 0 Å². The number of hydrogen-bond donors (Lipinski definition) is 0. The van der Waals surface area contributed by atoms with Crippen molar-refractivity contribution in [3.05, 3.63) is 75.3 Å². The molecule has 27 heavy (non-hydrogen) atoms. The van der Waals surface area contributed by atoms with Crippen molar-refractivity contribution in [2.24, 2.45) is 4.99 Å². The third kappa shape index (κ3) is 2.57. The SMILES string of the molecule is Cc1nnc2n1-c1ccc(C=O)c(Cl)c1C(c1c(F)cccc1F)=N[C@H]2C. The third-order valence-electron chi connectivity index (χ3n) is 4.50. The van der Waals surface area contributed by atoms with Gasteiger partial charge in [0.25, 0.3) is 0 Å². The molecule has 0 aliphatic carbocycles. The summed E-state index contributed by atoms with van der Waals surface area (Å²) >= 11 is 6.47. The van der Waals surface area contributed by atoms with Crippen LogP contribution in [0.3, 0.4) is 0 Å². The normalized spacial score (nSPS) is 15.6. The molecule has 3 aromatic rings. The Hall–Kier alpha value is -2.93. The summed E-state index contributed by atoms with van der Waals surface area (Å²) in [6, 6.07) is 6.24. The molecule has 0 unspecified atom stereocenters. The molecule has 8 heteroatoms. The summed E-state index contributed by atoms with van der Waals surface area (Å²) < 4.78 is 30.9. The first-order valence-corrected chi connectivity index (χ1v) is 8.54. The van der Waals surface area contributed by atoms with Crippen molar-refractivity contribution in [3.63, 3.8) is 0 Å². The maximum atomic E-state index is 14.6. The van der Waals surface area contributed by atoms with Gasteiger partial charge in [-0.1, -0.05) is 17.7 Å². The van der Waals surface area contributed by atoms with Crippen LogP contribution in [0.25, 0.3) is 5.69 Å². The van der Waals surface area contributed by atoms with Gasteiger partial charge >= 0.3 is 0 Å². The molecule has 1 aromatic heterocycles. The monoisotopic (exact) mass is 386 g/mol. The van der Waals surface area contributed by atoms with Crippen LogP contribution in [0.15, 0.2) is 35.3 Å². The van der Waals surface area contributed by atoms with Gasteiger partial charge in [0.2, 0.25) is 0 Å². The van der Waals surface area contributed by atoms with E-state index < -0.39 is 17.7 Å². The zero-order valence-electron chi connectivity index (χ0n) is 14.4. The standard InChI is InChI=1S/C19H13ClF2N4O/c1-9-19-25-24-10(2)26(19)14-7-6-11(8-27)17(20)16(14)18(23-9)15-12(21)4-3-5-13(15)22/h3-9H,1-2H3/t9-/m0/s1. The Balaban J connectivity index is 2.16. The van der Waals surface area contributed by atoms with E-state index >= 15 is 0 Å². The van der Waals surface area contributed by atoms with Gasteiger partial charge in [0.1, 0.15) is 23.5 Å². The Labute approximate surface area is 158 Å². The van der Waals surface area contributed by atoms with Gasteiger partial charge in [-0.25, -0.2) is 8.78 Å². The zero-order valence-corrected chi connectivity index (χ0v) is 15.1. The fraction of sp³-hybridized carbons (Fsp3) is 0.158. The number of carbonyl (C=O) groups excluding carboxylic acids is 1. The van der Waals surface area contributed by atoms with Crippen molar-refractivity contribution in [2.75, 3.05) is 0 Å². The summed E-state index contributed by atoms with van der Waals surface area (Å²) in [6.07, 6.45) is 0.589. The molecule has 1 atom stereocenters. The highest BCUT2D eigenvalue weighted by Crippen LogP contribution is 2.36. The smallest absolute Gasteiger partial charge is 0.162 e. The molecule has 136 valence electrons. The molecule has 0 bridgehead atoms. The fourth-order valence-corrected chi connectivity index (χ4v) is 3.55. The zero-order chi connectivity index (χ0) is 19.3. The van der Waals surface area contributed by atoms with Gasteiger partial charge in [0, 0.05) is 11.1 Å². The Morgan fingerprint density at radius 3 is 2.48 bits per heavy atom. The van der Waals surface area contributed by atoms with E-state index in [2.05, 4.69) is 15.2 Å². The van der Waals surface area contributed by atoms with Crippen molar-refractivity contribution in [1.29, 1.82) is 0 Å². The molecule has 2 aromatic carbocycles. The van der Waals surface area contributed by atoms with Gasteiger partial charge in [0.15, 0.2) is 12.1 Å². The molecule has 0 saturated carbocycles. The minimum Gasteiger partial charge on any atom is -0.298 e. The number of nitrogens with zero attached hydrogens (tertiary/aromatic N) is 4. The minimum atomic E-state index is -0.770. The number of aromatic nitrogens is 3. The van der Waals surface area contributed by atoms with Crippen molar-refractivity contribution in [3.8, 4) is 5.69 Å². The van der Waals surface area contributed by atoms with Gasteiger partial charge in [-0.3, -0.25) is 14.4 Å². The van der Waals surface area contributed by atoms with Gasteiger partial charge < -0.3 is 0 Å². The largest absolute Gasteiger partial charge is 0.298 e. The molecule has 0 fully saturated rings. The van der Waals surface area contributed by atoms with E-state index in [1.165, 1.54) is 6.07 Å². The molecule has 1 aliphatic rings. The first-order valence-electron chi connectivity index (χ1n) is 8.16. The number of aliphatic imine (C=N–C) groups is 1. The van der Waals surface area contributed by atoms with Crippen molar-refractivity contribution >= 4 is 23.6 Å². The first-order chi connectivity index (χ1) is 12.9. The predicted octanol–water partition coefficient (Wildman–Crippen LogP) is 4.23. The Morgan fingerprint density at radius 1 is 1.11 bits per heavy atom. The summed E-state index contributed by atoms with van der Waals surface area (Å²) in [5.74, 6) is -0.461. The van der Waals surface area contributed by atoms with Crippen molar-refractivity contribution < 1.29 is 13.6 Å². The van der Waals surface area contributed by atoms with Gasteiger partial charge in [0.05, 0.1) is 22.0 Å². The maximum absolute atomic E-state index is 14.6. The van der Waals surface area contributed by atoms with E-state index in [-0.39, 0.29) is 27.4 Å². The molecular formula is C19H13ClF2N4O. The number of aldehydes is 1. The highest BCUT2D eigenvalue weighted by molar-refractivity contribution is 6.38. The average Bonchev–Trinajstić information content (AvgIpc) is 2.96. The van der Waals surface area contributed by atoms with Gasteiger partial charge in [-0.2, -0.15) is 0 Å². The van der Waals surface area contributed by atoms with E-state index in [0.29, 0.717) is 23.6 Å². The first kappa shape index (κ1) is 17.5. The lowest BCUT2D eigenvalue weighted by Gasteiger charge is -2.16. The number of aryl methyl sites for hydroxylation is 1. The minimum absolute atomic E-state index is 0.0340. The van der Waals surface area contributed by atoms with E-state index in [4.69, 9.17) is 11.6 Å². The van der Waals surface area contributed by atoms with Crippen LogP contribution in [0, 0.1) is 18.6 Å². The Kier molecular flexibility index (Phi) is 4.11. The molecule has 0 radical (unpaired) electrons. The molecular weight excluding hydrogens is 374 g/mol. The lowest BCUT2D eigenvalue weighted by Crippen LogP contribution is -2.13. The maximum Gasteiger partial charge on any atom is 0.162 e. The van der Waals surface area contributed by atoms with E-state index in [9.17, 15) is 13.6 Å². The average molecular weight is 387 g/mol. The topological polar surface area (TPSA) is 60.1 Å². The number of halogens is 3. The lowest BCUT2D eigenvalue weighted by atomic mass is 9.97. The van der Waals surface area contributed by atoms with Crippen LogP contribution < -0.4 is 0 Å². The fourth-order valence-electron chi connectivity index (χ4n) is 3.26. The molecule has 0 amide bonds. The third-order valence-corrected chi connectivity index (χ3v) is 4.91. The molecule has 4 rings (SSSR count). The van der Waals surface area contributed by atoms with Gasteiger partial charge in [-0.05, 0) is 38.1 Å². The lowest BCUT2D eigenvalue weighted by molar-refractivity contribution is 0.112. The Morgan fingerprint density at radius 2 is 1.81 bits per heavy atom. The van der Waals surface area contributed by atoms with Crippen LogP contribution in [0.1, 0.15) is 46.1 Å². The van der Waals surface area contributed by atoms with E-state index in [0.717, 1.165) is 12.1 Å². The van der Waals surface area contributed by atoms with Crippen LogP contribution in [0.2, 0.25) is 5.02 Å². The summed E-state index contributed by atoms with van der Waals surface area (Å²) in [5.41, 5.74) is 0.702. The van der Waals surface area contributed by atoms with Gasteiger partial charge in [-0.15, -0.1) is 10.2 Å². The van der Waals surface area contributed by atoms with Crippen LogP contribution >= 0.6 is 11.6 Å². The van der Waals surface area contributed by atoms with Crippen LogP contribution in [0.4, 0.5) is 8.78 Å². The molecule has 0 N–H and O–H groups in total. The summed E-state index contributed by atoms with van der Waals surface area (Å²) in [4.78, 5) is 15.9. The highest BCUT2D eigenvalue weighted by atomic mass is 35.5. The molecule has 0 saturated heterocycles. The second-order valence-electron chi connectivity index (χ2n) is 6.17. The van der Waals surface area contributed by atoms with Crippen LogP contribution in [0.5, 0.6) is 0 Å². The summed E-state index contributed by atoms with van der Waals surface area (Å²) in [7, 11) is 0. The number of rotatable bonds is 2.